The number of hydrogen-bond donors (Lipinski definition) is 2. The zero-order valence-corrected chi connectivity index (χ0v) is 20.8. The summed E-state index contributed by atoms with van der Waals surface area (Å²) in [7, 11) is -8.75. The molecule has 0 amide bonds. The first-order valence-corrected chi connectivity index (χ1v) is 13.5. The summed E-state index contributed by atoms with van der Waals surface area (Å²) >= 11 is 0. The third kappa shape index (κ3) is 5.72. The van der Waals surface area contributed by atoms with Crippen LogP contribution in [0.3, 0.4) is 0 Å². The fraction of sp³-hybridized carbons (Fsp3) is 0.273. The first-order chi connectivity index (χ1) is 17.4. The lowest BCUT2D eigenvalue weighted by molar-refractivity contribution is -0.281. The molecular formula is C22H22N2O11S2. The minimum absolute atomic E-state index is 0.159. The minimum atomic E-state index is -4.47. The van der Waals surface area contributed by atoms with Gasteiger partial charge in [0.2, 0.25) is 0 Å². The summed E-state index contributed by atoms with van der Waals surface area (Å²) in [6.45, 7) is 0.408. The molecule has 0 radical (unpaired) electrons. The van der Waals surface area contributed by atoms with Gasteiger partial charge in [-0.05, 0) is 31.2 Å². The van der Waals surface area contributed by atoms with E-state index >= 15 is 0 Å². The van der Waals surface area contributed by atoms with E-state index in [-0.39, 0.29) is 9.79 Å². The van der Waals surface area contributed by atoms with E-state index in [1.54, 1.807) is 12.1 Å². The molecule has 198 valence electrons. The van der Waals surface area contributed by atoms with Crippen molar-refractivity contribution in [2.75, 3.05) is 6.61 Å². The van der Waals surface area contributed by atoms with Gasteiger partial charge in [-0.15, -0.1) is 4.33 Å². The van der Waals surface area contributed by atoms with Gasteiger partial charge in [0.1, 0.15) is 11.7 Å². The molecule has 0 saturated carbocycles. The largest absolute Gasteiger partial charge is 0.382 e. The van der Waals surface area contributed by atoms with E-state index in [2.05, 4.69) is 0 Å². The van der Waals surface area contributed by atoms with Crippen molar-refractivity contribution in [1.29, 1.82) is 0 Å². The van der Waals surface area contributed by atoms with Crippen molar-refractivity contribution < 1.29 is 40.1 Å². The molecule has 1 saturated heterocycles. The Labute approximate surface area is 211 Å². The average Bonchev–Trinajstić information content (AvgIpc) is 3.12. The lowest BCUT2D eigenvalue weighted by Gasteiger charge is -2.29. The van der Waals surface area contributed by atoms with Gasteiger partial charge in [0.15, 0.2) is 12.3 Å². The van der Waals surface area contributed by atoms with E-state index in [0.717, 1.165) is 23.8 Å². The fourth-order valence-electron chi connectivity index (χ4n) is 3.67. The predicted molar refractivity (Wildman–Crippen MR) is 125 cm³/mol. The Bertz CT molecular complexity index is 1570. The van der Waals surface area contributed by atoms with Crippen molar-refractivity contribution in [3.8, 4) is 0 Å². The summed E-state index contributed by atoms with van der Waals surface area (Å²) in [5, 5.41) is 11.3. The first-order valence-electron chi connectivity index (χ1n) is 10.7. The number of aliphatic hydroxyl groups is 1. The van der Waals surface area contributed by atoms with E-state index < -0.39 is 62.1 Å². The van der Waals surface area contributed by atoms with Crippen LogP contribution in [0.15, 0.2) is 92.3 Å². The van der Waals surface area contributed by atoms with Crippen molar-refractivity contribution in [3.05, 3.63) is 93.8 Å². The van der Waals surface area contributed by atoms with Gasteiger partial charge in [-0.2, -0.15) is 16.8 Å². The number of benzene rings is 2. The number of rotatable bonds is 9. The van der Waals surface area contributed by atoms with E-state index in [1.807, 2.05) is 4.98 Å². The quantitative estimate of drug-likeness (QED) is 0.211. The summed E-state index contributed by atoms with van der Waals surface area (Å²) in [5.74, 6) is 0. The standard InChI is InChI=1S/C22H22N2O11S2/c1-22(27)19(34-35-37(30,31)16-10-6-3-7-11-16)17(14-32-36(28,29)15-8-4-2-5-9-15)33-20(22)24-13-12-18(25)23-21(24)26/h2-13,17,19-20,27H,14H2,1H3,(H,23,25,26)/t17?,19-,20?,22+/m1/s1. The van der Waals surface area contributed by atoms with Crippen molar-refractivity contribution in [2.24, 2.45) is 0 Å². The Morgan fingerprint density at radius 3 is 2.08 bits per heavy atom. The summed E-state index contributed by atoms with van der Waals surface area (Å²) < 4.78 is 66.6. The van der Waals surface area contributed by atoms with Crippen LogP contribution in [0.5, 0.6) is 0 Å². The van der Waals surface area contributed by atoms with Crippen LogP contribution in [-0.4, -0.2) is 55.9 Å². The first kappa shape index (κ1) is 26.9. The second-order valence-corrected chi connectivity index (χ2v) is 11.3. The van der Waals surface area contributed by atoms with Gasteiger partial charge in [0.25, 0.3) is 15.7 Å². The van der Waals surface area contributed by atoms with Crippen LogP contribution in [0, 0.1) is 0 Å². The number of H-pyrrole nitrogens is 1. The average molecular weight is 555 g/mol. The van der Waals surface area contributed by atoms with Gasteiger partial charge in [-0.25, -0.2) is 9.68 Å². The molecule has 0 bridgehead atoms. The smallest absolute Gasteiger partial charge is 0.330 e. The van der Waals surface area contributed by atoms with Crippen LogP contribution >= 0.6 is 0 Å². The summed E-state index contributed by atoms with van der Waals surface area (Å²) in [6, 6.07) is 15.2. The van der Waals surface area contributed by atoms with Crippen molar-refractivity contribution in [2.45, 2.75) is 40.8 Å². The molecule has 4 rings (SSSR count). The van der Waals surface area contributed by atoms with E-state index in [1.165, 1.54) is 48.5 Å². The van der Waals surface area contributed by atoms with Crippen LogP contribution in [0.4, 0.5) is 0 Å². The van der Waals surface area contributed by atoms with Crippen LogP contribution in [0.2, 0.25) is 0 Å². The normalized spacial score (nSPS) is 24.2. The number of aromatic nitrogens is 2. The van der Waals surface area contributed by atoms with Crippen molar-refractivity contribution in [3.63, 3.8) is 0 Å². The Kier molecular flexibility index (Phi) is 7.48. The Morgan fingerprint density at radius 2 is 1.51 bits per heavy atom. The molecule has 1 aliphatic heterocycles. The van der Waals surface area contributed by atoms with Crippen LogP contribution in [0.1, 0.15) is 13.2 Å². The van der Waals surface area contributed by atoms with E-state index in [9.17, 15) is 31.5 Å². The maximum atomic E-state index is 12.6. The van der Waals surface area contributed by atoms with E-state index in [0.29, 0.717) is 0 Å². The highest BCUT2D eigenvalue weighted by Crippen LogP contribution is 2.40. The lowest BCUT2D eigenvalue weighted by atomic mass is 9.96. The molecule has 1 fully saturated rings. The zero-order chi connectivity index (χ0) is 26.8. The second-order valence-electron chi connectivity index (χ2n) is 8.17. The highest BCUT2D eigenvalue weighted by molar-refractivity contribution is 7.87. The summed E-state index contributed by atoms with van der Waals surface area (Å²) in [5.41, 5.74) is -3.84. The number of ether oxygens (including phenoxy) is 1. The third-order valence-electron chi connectivity index (χ3n) is 5.50. The number of nitrogens with zero attached hydrogens (tertiary/aromatic N) is 1. The third-order valence-corrected chi connectivity index (χ3v) is 7.91. The van der Waals surface area contributed by atoms with Gasteiger partial charge >= 0.3 is 15.8 Å². The molecule has 2 heterocycles. The maximum absolute atomic E-state index is 12.6. The molecular weight excluding hydrogens is 532 g/mol. The number of aromatic amines is 1. The zero-order valence-electron chi connectivity index (χ0n) is 19.2. The molecule has 2 unspecified atom stereocenters. The molecule has 4 atom stereocenters. The predicted octanol–water partition coefficient (Wildman–Crippen LogP) is 0.296. The molecule has 15 heteroatoms. The molecule has 13 nitrogen and oxygen atoms in total. The molecule has 1 aromatic heterocycles. The second kappa shape index (κ2) is 10.3. The molecule has 3 aromatic rings. The van der Waals surface area contributed by atoms with Crippen LogP contribution < -0.4 is 11.2 Å². The van der Waals surface area contributed by atoms with Crippen molar-refractivity contribution >= 4 is 20.2 Å². The Hall–Kier alpha value is -3.18. The van der Waals surface area contributed by atoms with Crippen LogP contribution in [0.25, 0.3) is 0 Å². The molecule has 37 heavy (non-hydrogen) atoms. The monoisotopic (exact) mass is 554 g/mol. The van der Waals surface area contributed by atoms with Crippen LogP contribution in [-0.2, 0) is 38.4 Å². The van der Waals surface area contributed by atoms with Gasteiger partial charge in [0, 0.05) is 12.3 Å². The Morgan fingerprint density at radius 1 is 0.946 bits per heavy atom. The van der Waals surface area contributed by atoms with Gasteiger partial charge < -0.3 is 9.84 Å². The highest BCUT2D eigenvalue weighted by Gasteiger charge is 2.56. The topological polar surface area (TPSA) is 180 Å². The lowest BCUT2D eigenvalue weighted by Crippen LogP contribution is -2.48. The minimum Gasteiger partial charge on any atom is -0.382 e. The molecule has 0 spiro atoms. The summed E-state index contributed by atoms with van der Waals surface area (Å²) in [4.78, 5) is 30.5. The molecule has 1 aliphatic rings. The van der Waals surface area contributed by atoms with Crippen molar-refractivity contribution in [1.82, 2.24) is 9.55 Å². The SMILES string of the molecule is C[C@@]1(O)C(n2ccc(=O)[nH]c2=O)OC(COS(=O)(=O)c2ccccc2)[C@H]1OOS(=O)(=O)c1ccccc1. The highest BCUT2D eigenvalue weighted by atomic mass is 32.2. The maximum Gasteiger partial charge on any atom is 0.330 e. The Balaban J connectivity index is 1.63. The van der Waals surface area contributed by atoms with Gasteiger partial charge in [0.05, 0.1) is 16.4 Å². The van der Waals surface area contributed by atoms with E-state index in [4.69, 9.17) is 18.1 Å². The van der Waals surface area contributed by atoms with Gasteiger partial charge in [-0.1, -0.05) is 36.4 Å². The number of hydrogen-bond acceptors (Lipinski definition) is 11. The molecule has 0 aliphatic carbocycles. The molecule has 2 N–H and O–H groups in total. The molecule has 2 aromatic carbocycles. The van der Waals surface area contributed by atoms with Gasteiger partial charge in [-0.3, -0.25) is 18.5 Å². The number of nitrogens with one attached hydrogen (secondary N) is 1. The fourth-order valence-corrected chi connectivity index (χ4v) is 5.37. The summed E-state index contributed by atoms with van der Waals surface area (Å²) in [6.07, 6.45) is -3.65.